The van der Waals surface area contributed by atoms with Gasteiger partial charge in [-0.05, 0) is 23.8 Å². The van der Waals surface area contributed by atoms with Crippen molar-refractivity contribution in [2.45, 2.75) is 0 Å². The molecule has 0 amide bonds. The molecule has 2 aromatic rings. The van der Waals surface area contributed by atoms with Crippen LogP contribution in [-0.2, 0) is 11.0 Å². The van der Waals surface area contributed by atoms with E-state index in [1.165, 1.54) is 12.5 Å². The van der Waals surface area contributed by atoms with Crippen molar-refractivity contribution in [3.05, 3.63) is 53.6 Å². The summed E-state index contributed by atoms with van der Waals surface area (Å²) in [5, 5.41) is 11.2. The van der Waals surface area contributed by atoms with Gasteiger partial charge >= 0.3 is 0 Å². The van der Waals surface area contributed by atoms with E-state index in [9.17, 15) is 9.32 Å². The normalized spacial score (nSPS) is 11.9. The van der Waals surface area contributed by atoms with Crippen LogP contribution in [0, 0.1) is 0 Å². The summed E-state index contributed by atoms with van der Waals surface area (Å²) in [6.45, 7) is 3.41. The van der Waals surface area contributed by atoms with Gasteiger partial charge < -0.3 is 14.6 Å². The second-order valence-corrected chi connectivity index (χ2v) is 5.75. The summed E-state index contributed by atoms with van der Waals surface area (Å²) in [7, 11) is 1.49. The van der Waals surface area contributed by atoms with Gasteiger partial charge in [-0.3, -0.25) is 4.72 Å². The number of nitrogens with zero attached hydrogens (tertiary/aromatic N) is 1. The Morgan fingerprint density at radius 3 is 2.50 bits per heavy atom. The molecule has 2 rings (SSSR count). The first-order valence-corrected chi connectivity index (χ1v) is 8.18. The molecule has 0 spiro atoms. The van der Waals surface area contributed by atoms with Crippen molar-refractivity contribution in [1.29, 1.82) is 0 Å². The lowest BCUT2D eigenvalue weighted by Gasteiger charge is -2.10. The molecule has 6 nitrogen and oxygen atoms in total. The molecule has 7 heteroatoms. The lowest BCUT2D eigenvalue weighted by atomic mass is 10.2. The Morgan fingerprint density at radius 2 is 1.92 bits per heavy atom. The Balaban J connectivity index is 2.31. The predicted octanol–water partition coefficient (Wildman–Crippen LogP) is 3.19. The first kappa shape index (κ1) is 17.6. The van der Waals surface area contributed by atoms with Gasteiger partial charge in [-0.2, -0.15) is 0 Å². The zero-order valence-electron chi connectivity index (χ0n) is 13.4. The van der Waals surface area contributed by atoms with Crippen LogP contribution in [0.25, 0.3) is 12.2 Å². The summed E-state index contributed by atoms with van der Waals surface area (Å²) in [6, 6.07) is 9.09. The van der Waals surface area contributed by atoms with Crippen molar-refractivity contribution in [2.24, 2.45) is 0 Å². The largest absolute Gasteiger partial charge is 0.502 e. The minimum atomic E-state index is -1.55. The van der Waals surface area contributed by atoms with Crippen LogP contribution in [0.5, 0.6) is 17.2 Å². The zero-order valence-corrected chi connectivity index (χ0v) is 14.2. The number of pyridine rings is 1. The number of hydrogen-bond acceptors (Lipinski definition) is 5. The summed E-state index contributed by atoms with van der Waals surface area (Å²) < 4.78 is 24.3. The standard InChI is InChI=1S/C17H18N2O4S/c1-4-24(21)19-17-16(20)15(23-3)11-13(18-17)8-5-12-6-9-14(22-2)10-7-12/h4-11,20H,1H2,2-3H3,(H,18,19)/b8-5+. The molecule has 0 bridgehead atoms. The molecule has 0 aliphatic rings. The van der Waals surface area contributed by atoms with Gasteiger partial charge in [0.2, 0.25) is 5.75 Å². The van der Waals surface area contributed by atoms with Crippen molar-refractivity contribution in [1.82, 2.24) is 4.98 Å². The quantitative estimate of drug-likeness (QED) is 0.805. The third-order valence-corrected chi connectivity index (χ3v) is 3.81. The average Bonchev–Trinajstić information content (AvgIpc) is 2.62. The molecule has 0 fully saturated rings. The van der Waals surface area contributed by atoms with E-state index in [1.54, 1.807) is 19.3 Å². The van der Waals surface area contributed by atoms with E-state index >= 15 is 0 Å². The van der Waals surface area contributed by atoms with E-state index < -0.39 is 11.0 Å². The Hall–Kier alpha value is -2.80. The van der Waals surface area contributed by atoms with Crippen molar-refractivity contribution in [3.8, 4) is 17.2 Å². The van der Waals surface area contributed by atoms with E-state index in [2.05, 4.69) is 16.3 Å². The predicted molar refractivity (Wildman–Crippen MR) is 96.3 cm³/mol. The van der Waals surface area contributed by atoms with Crippen molar-refractivity contribution >= 4 is 29.0 Å². The molecule has 1 aromatic carbocycles. The van der Waals surface area contributed by atoms with Gasteiger partial charge in [-0.25, -0.2) is 9.19 Å². The molecular weight excluding hydrogens is 328 g/mol. The minimum absolute atomic E-state index is 0.0574. The number of rotatable bonds is 7. The lowest BCUT2D eigenvalue weighted by Crippen LogP contribution is -2.04. The fourth-order valence-electron chi connectivity index (χ4n) is 1.88. The molecule has 0 aliphatic carbocycles. The SMILES string of the molecule is C=CS(=O)Nc1nc(/C=C/c2ccc(OC)cc2)cc(OC)c1O. The maximum absolute atomic E-state index is 11.5. The van der Waals surface area contributed by atoms with Crippen LogP contribution in [-0.4, -0.2) is 28.5 Å². The van der Waals surface area contributed by atoms with Crippen LogP contribution >= 0.6 is 0 Å². The van der Waals surface area contributed by atoms with Crippen LogP contribution in [0.15, 0.2) is 42.3 Å². The van der Waals surface area contributed by atoms with Crippen LogP contribution in [0.3, 0.4) is 0 Å². The number of ether oxygens (including phenoxy) is 2. The van der Waals surface area contributed by atoms with Crippen LogP contribution in [0.4, 0.5) is 5.82 Å². The Labute approximate surface area is 143 Å². The molecule has 0 saturated carbocycles. The Morgan fingerprint density at radius 1 is 1.21 bits per heavy atom. The molecule has 0 saturated heterocycles. The summed E-state index contributed by atoms with van der Waals surface area (Å²) in [4.78, 5) is 4.22. The monoisotopic (exact) mass is 346 g/mol. The maximum atomic E-state index is 11.5. The lowest BCUT2D eigenvalue weighted by molar-refractivity contribution is 0.373. The highest BCUT2D eigenvalue weighted by Crippen LogP contribution is 2.34. The molecule has 126 valence electrons. The molecular formula is C17H18N2O4S. The van der Waals surface area contributed by atoms with E-state index in [0.29, 0.717) is 5.69 Å². The fourth-order valence-corrected chi connectivity index (χ4v) is 2.30. The van der Waals surface area contributed by atoms with Gasteiger partial charge in [0.15, 0.2) is 11.6 Å². The van der Waals surface area contributed by atoms with Gasteiger partial charge in [-0.1, -0.05) is 24.8 Å². The van der Waals surface area contributed by atoms with Crippen LogP contribution in [0.1, 0.15) is 11.3 Å². The molecule has 0 radical (unpaired) electrons. The second-order valence-electron chi connectivity index (χ2n) is 4.62. The summed E-state index contributed by atoms with van der Waals surface area (Å²) in [5.74, 6) is 0.842. The molecule has 0 aliphatic heterocycles. The Bertz CT molecular complexity index is 773. The van der Waals surface area contributed by atoms with Gasteiger partial charge in [0.25, 0.3) is 0 Å². The van der Waals surface area contributed by atoms with Crippen molar-refractivity contribution in [2.75, 3.05) is 18.9 Å². The fraction of sp³-hybridized carbons (Fsp3) is 0.118. The first-order chi connectivity index (χ1) is 11.6. The number of hydrogen-bond donors (Lipinski definition) is 2. The number of anilines is 1. The molecule has 1 heterocycles. The van der Waals surface area contributed by atoms with E-state index in [-0.39, 0.29) is 17.3 Å². The molecule has 2 N–H and O–H groups in total. The molecule has 1 aromatic heterocycles. The minimum Gasteiger partial charge on any atom is -0.502 e. The van der Waals surface area contributed by atoms with Gasteiger partial charge in [0.1, 0.15) is 16.7 Å². The summed E-state index contributed by atoms with van der Waals surface area (Å²) in [6.07, 6.45) is 3.61. The third kappa shape index (κ3) is 4.36. The zero-order chi connectivity index (χ0) is 17.5. The molecule has 24 heavy (non-hydrogen) atoms. The number of nitrogens with one attached hydrogen (secondary N) is 1. The van der Waals surface area contributed by atoms with Gasteiger partial charge in [-0.15, -0.1) is 0 Å². The molecule has 1 atom stereocenters. The van der Waals surface area contributed by atoms with Crippen molar-refractivity contribution < 1.29 is 18.8 Å². The Kier molecular flexibility index (Phi) is 5.97. The maximum Gasteiger partial charge on any atom is 0.202 e. The van der Waals surface area contributed by atoms with E-state index in [0.717, 1.165) is 11.3 Å². The number of aromatic hydroxyl groups is 1. The third-order valence-electron chi connectivity index (χ3n) is 3.11. The van der Waals surface area contributed by atoms with Crippen LogP contribution in [0.2, 0.25) is 0 Å². The molecule has 1 unspecified atom stereocenters. The number of benzene rings is 1. The first-order valence-electron chi connectivity index (χ1n) is 6.97. The smallest absolute Gasteiger partial charge is 0.202 e. The van der Waals surface area contributed by atoms with Crippen LogP contribution < -0.4 is 14.2 Å². The topological polar surface area (TPSA) is 80.7 Å². The summed E-state index contributed by atoms with van der Waals surface area (Å²) >= 11 is 0. The van der Waals surface area contributed by atoms with Gasteiger partial charge in [0.05, 0.1) is 19.9 Å². The number of methoxy groups -OCH3 is 2. The number of aromatic nitrogens is 1. The van der Waals surface area contributed by atoms with E-state index in [4.69, 9.17) is 9.47 Å². The average molecular weight is 346 g/mol. The van der Waals surface area contributed by atoms with Crippen molar-refractivity contribution in [3.63, 3.8) is 0 Å². The van der Waals surface area contributed by atoms with Gasteiger partial charge in [0, 0.05) is 11.5 Å². The van der Waals surface area contributed by atoms with E-state index in [1.807, 2.05) is 30.3 Å². The second kappa shape index (κ2) is 8.16. The summed E-state index contributed by atoms with van der Waals surface area (Å²) in [5.41, 5.74) is 1.48. The highest BCUT2D eigenvalue weighted by atomic mass is 32.2. The highest BCUT2D eigenvalue weighted by molar-refractivity contribution is 7.89. The highest BCUT2D eigenvalue weighted by Gasteiger charge is 2.12.